The molecule has 4 rings (SSSR count). The second kappa shape index (κ2) is 9.79. The Hall–Kier alpha value is -3.13. The van der Waals surface area contributed by atoms with Crippen molar-refractivity contribution in [3.05, 3.63) is 94.8 Å². The monoisotopic (exact) mass is 454 g/mol. The smallest absolute Gasteiger partial charge is 0.174 e. The summed E-state index contributed by atoms with van der Waals surface area (Å²) in [5.41, 5.74) is -0.183. The first kappa shape index (κ1) is 23.0. The van der Waals surface area contributed by atoms with E-state index in [-0.39, 0.29) is 17.0 Å². The fourth-order valence-electron chi connectivity index (χ4n) is 4.63. The van der Waals surface area contributed by atoms with Crippen LogP contribution in [0.5, 0.6) is 0 Å². The summed E-state index contributed by atoms with van der Waals surface area (Å²) < 4.78 is 71.3. The van der Waals surface area contributed by atoms with E-state index in [0.29, 0.717) is 35.1 Å². The standard InChI is InChI=1S/C28H23F5/c1-2-3-4-17-5-9-19(10-6-17)26-25(31)15-21(27(32)28(26)33)12-8-18-7-11-20-14-23(29)24(30)16-22(20)13-18/h2,7,11,13-17,19H,1,3-6,9-10H2. The molecule has 0 radical (unpaired) electrons. The van der Waals surface area contributed by atoms with Crippen molar-refractivity contribution in [3.63, 3.8) is 0 Å². The summed E-state index contributed by atoms with van der Waals surface area (Å²) in [6.07, 6.45) is 6.75. The SMILES string of the molecule is C=CCCC1CCC(c2c(F)cc(C#Cc3ccc4cc(F)c(F)cc4c3)c(F)c2F)CC1. The van der Waals surface area contributed by atoms with E-state index in [0.717, 1.165) is 43.9 Å². The van der Waals surface area contributed by atoms with E-state index in [1.165, 1.54) is 6.07 Å². The molecule has 0 aliphatic heterocycles. The van der Waals surface area contributed by atoms with Crippen molar-refractivity contribution in [1.29, 1.82) is 0 Å². The largest absolute Gasteiger partial charge is 0.207 e. The lowest BCUT2D eigenvalue weighted by molar-refractivity contribution is 0.301. The molecule has 33 heavy (non-hydrogen) atoms. The Balaban J connectivity index is 1.57. The molecule has 0 atom stereocenters. The van der Waals surface area contributed by atoms with Crippen molar-refractivity contribution in [3.8, 4) is 11.8 Å². The fraction of sp³-hybridized carbons (Fsp3) is 0.286. The van der Waals surface area contributed by atoms with E-state index >= 15 is 0 Å². The van der Waals surface area contributed by atoms with Gasteiger partial charge in [-0.3, -0.25) is 0 Å². The number of rotatable bonds is 4. The molecule has 0 bridgehead atoms. The average molecular weight is 454 g/mol. The molecule has 0 heterocycles. The van der Waals surface area contributed by atoms with Gasteiger partial charge in [-0.2, -0.15) is 0 Å². The molecule has 0 saturated heterocycles. The molecule has 0 nitrogen and oxygen atoms in total. The summed E-state index contributed by atoms with van der Waals surface area (Å²) in [5, 5.41) is 0.892. The van der Waals surface area contributed by atoms with Crippen LogP contribution in [0.15, 0.2) is 49.1 Å². The van der Waals surface area contributed by atoms with Gasteiger partial charge in [0.05, 0.1) is 5.56 Å². The Morgan fingerprint density at radius 3 is 2.18 bits per heavy atom. The maximum atomic E-state index is 14.9. The van der Waals surface area contributed by atoms with Crippen LogP contribution in [0.1, 0.15) is 61.1 Å². The van der Waals surface area contributed by atoms with E-state index in [4.69, 9.17) is 0 Å². The van der Waals surface area contributed by atoms with Gasteiger partial charge in [0.1, 0.15) is 5.82 Å². The number of hydrogen-bond acceptors (Lipinski definition) is 0. The summed E-state index contributed by atoms with van der Waals surface area (Å²) in [6.45, 7) is 3.72. The molecule has 170 valence electrons. The van der Waals surface area contributed by atoms with Crippen LogP contribution in [0.2, 0.25) is 0 Å². The number of halogens is 5. The van der Waals surface area contributed by atoms with Gasteiger partial charge in [-0.05, 0) is 91.5 Å². The lowest BCUT2D eigenvalue weighted by Crippen LogP contribution is -2.16. The first-order chi connectivity index (χ1) is 15.9. The summed E-state index contributed by atoms with van der Waals surface area (Å²) in [4.78, 5) is 0. The Labute approximate surface area is 190 Å². The van der Waals surface area contributed by atoms with E-state index in [1.807, 2.05) is 6.08 Å². The number of benzene rings is 3. The third kappa shape index (κ3) is 4.95. The highest BCUT2D eigenvalue weighted by Gasteiger charge is 2.29. The zero-order valence-corrected chi connectivity index (χ0v) is 18.0. The first-order valence-corrected chi connectivity index (χ1v) is 11.1. The molecule has 1 fully saturated rings. The van der Waals surface area contributed by atoms with Crippen molar-refractivity contribution < 1.29 is 22.0 Å². The Kier molecular flexibility index (Phi) is 6.83. The van der Waals surface area contributed by atoms with Gasteiger partial charge in [-0.25, -0.2) is 22.0 Å². The highest BCUT2D eigenvalue weighted by molar-refractivity contribution is 5.84. The number of hydrogen-bond donors (Lipinski definition) is 0. The summed E-state index contributed by atoms with van der Waals surface area (Å²) in [7, 11) is 0. The van der Waals surface area contributed by atoms with Gasteiger partial charge in [-0.1, -0.05) is 24.0 Å². The first-order valence-electron chi connectivity index (χ1n) is 11.1. The predicted molar refractivity (Wildman–Crippen MR) is 120 cm³/mol. The van der Waals surface area contributed by atoms with Crippen molar-refractivity contribution in [2.24, 2.45) is 5.92 Å². The molecule has 0 amide bonds. The lowest BCUT2D eigenvalue weighted by atomic mass is 9.76. The maximum Gasteiger partial charge on any atom is 0.174 e. The van der Waals surface area contributed by atoms with E-state index in [9.17, 15) is 22.0 Å². The molecular formula is C28H23F5. The highest BCUT2D eigenvalue weighted by atomic mass is 19.2. The second-order valence-corrected chi connectivity index (χ2v) is 8.61. The average Bonchev–Trinajstić information content (AvgIpc) is 2.81. The summed E-state index contributed by atoms with van der Waals surface area (Å²) in [5.74, 6) is 0.215. The summed E-state index contributed by atoms with van der Waals surface area (Å²) in [6, 6.07) is 7.66. The third-order valence-electron chi connectivity index (χ3n) is 6.45. The van der Waals surface area contributed by atoms with Crippen LogP contribution < -0.4 is 0 Å². The molecule has 1 aliphatic rings. The molecule has 1 aliphatic carbocycles. The summed E-state index contributed by atoms with van der Waals surface area (Å²) >= 11 is 0. The van der Waals surface area contributed by atoms with Crippen molar-refractivity contribution in [2.45, 2.75) is 44.4 Å². The van der Waals surface area contributed by atoms with E-state index in [2.05, 4.69) is 18.4 Å². The van der Waals surface area contributed by atoms with Crippen LogP contribution in [0.3, 0.4) is 0 Å². The van der Waals surface area contributed by atoms with Gasteiger partial charge < -0.3 is 0 Å². The van der Waals surface area contributed by atoms with Gasteiger partial charge in [0, 0.05) is 11.1 Å². The number of allylic oxidation sites excluding steroid dienone is 1. The van der Waals surface area contributed by atoms with Gasteiger partial charge >= 0.3 is 0 Å². The molecule has 0 N–H and O–H groups in total. The molecule has 3 aromatic carbocycles. The minimum Gasteiger partial charge on any atom is -0.207 e. The second-order valence-electron chi connectivity index (χ2n) is 8.61. The minimum absolute atomic E-state index is 0.191. The molecule has 3 aromatic rings. The Morgan fingerprint density at radius 1 is 0.788 bits per heavy atom. The van der Waals surface area contributed by atoms with Crippen LogP contribution in [0.25, 0.3) is 10.8 Å². The molecule has 0 unspecified atom stereocenters. The van der Waals surface area contributed by atoms with Crippen molar-refractivity contribution in [1.82, 2.24) is 0 Å². The predicted octanol–water partition coefficient (Wildman–Crippen LogP) is 8.18. The lowest BCUT2D eigenvalue weighted by Gasteiger charge is -2.29. The third-order valence-corrected chi connectivity index (χ3v) is 6.45. The zero-order valence-electron chi connectivity index (χ0n) is 18.0. The molecule has 0 aromatic heterocycles. The van der Waals surface area contributed by atoms with Gasteiger partial charge in [-0.15, -0.1) is 6.58 Å². The number of fused-ring (bicyclic) bond motifs is 1. The normalized spacial score (nSPS) is 18.1. The Morgan fingerprint density at radius 2 is 1.48 bits per heavy atom. The zero-order chi connectivity index (χ0) is 23.5. The van der Waals surface area contributed by atoms with Crippen LogP contribution in [-0.4, -0.2) is 0 Å². The van der Waals surface area contributed by atoms with Gasteiger partial charge in [0.15, 0.2) is 23.3 Å². The Bertz CT molecular complexity index is 1260. The van der Waals surface area contributed by atoms with Crippen LogP contribution >= 0.6 is 0 Å². The van der Waals surface area contributed by atoms with Gasteiger partial charge in [0.2, 0.25) is 0 Å². The fourth-order valence-corrected chi connectivity index (χ4v) is 4.63. The van der Waals surface area contributed by atoms with Crippen molar-refractivity contribution in [2.75, 3.05) is 0 Å². The van der Waals surface area contributed by atoms with Crippen LogP contribution in [0, 0.1) is 46.8 Å². The topological polar surface area (TPSA) is 0 Å². The molecular weight excluding hydrogens is 431 g/mol. The molecule has 1 saturated carbocycles. The van der Waals surface area contributed by atoms with Crippen LogP contribution in [0.4, 0.5) is 22.0 Å². The van der Waals surface area contributed by atoms with Crippen molar-refractivity contribution >= 4 is 10.8 Å². The quantitative estimate of drug-likeness (QED) is 0.161. The van der Waals surface area contributed by atoms with Gasteiger partial charge in [0.25, 0.3) is 0 Å². The molecule has 0 spiro atoms. The van der Waals surface area contributed by atoms with Crippen LogP contribution in [-0.2, 0) is 0 Å². The van der Waals surface area contributed by atoms with E-state index in [1.54, 1.807) is 12.1 Å². The highest BCUT2D eigenvalue weighted by Crippen LogP contribution is 2.40. The van der Waals surface area contributed by atoms with E-state index < -0.39 is 29.1 Å². The maximum absolute atomic E-state index is 14.9. The minimum atomic E-state index is -1.18. The molecule has 5 heteroatoms.